The molecule has 0 radical (unpaired) electrons. The highest BCUT2D eigenvalue weighted by atomic mass is 16.1. The van der Waals surface area contributed by atoms with Crippen LogP contribution in [0.5, 0.6) is 0 Å². The van der Waals surface area contributed by atoms with E-state index in [4.69, 9.17) is 0 Å². The number of aryl methyl sites for hydroxylation is 1. The number of hydrogen-bond donors (Lipinski definition) is 2. The molecule has 0 saturated carbocycles. The molecule has 0 fully saturated rings. The molecule has 100 valence electrons. The molecule has 4 heteroatoms. The van der Waals surface area contributed by atoms with E-state index in [2.05, 4.69) is 22.4 Å². The van der Waals surface area contributed by atoms with Gasteiger partial charge in [0.2, 0.25) is 0 Å². The number of nitrogens with zero attached hydrogens (tertiary/aromatic N) is 1. The Bertz CT molecular complexity index is 744. The van der Waals surface area contributed by atoms with E-state index in [9.17, 15) is 4.79 Å². The minimum atomic E-state index is -0.124. The third-order valence-corrected chi connectivity index (χ3v) is 3.35. The second kappa shape index (κ2) is 5.17. The fraction of sp³-hybridized carbons (Fsp3) is 0.125. The van der Waals surface area contributed by atoms with Gasteiger partial charge in [0, 0.05) is 11.1 Å². The van der Waals surface area contributed by atoms with Gasteiger partial charge in [-0.3, -0.25) is 9.89 Å². The minimum absolute atomic E-state index is 0.124. The Balaban J connectivity index is 1.87. The highest BCUT2D eigenvalue weighted by Gasteiger charge is 2.11. The first-order chi connectivity index (χ1) is 9.78. The third kappa shape index (κ3) is 2.28. The average Bonchev–Trinajstić information content (AvgIpc) is 2.96. The Morgan fingerprint density at radius 3 is 2.75 bits per heavy atom. The van der Waals surface area contributed by atoms with Gasteiger partial charge in [-0.05, 0) is 36.2 Å². The van der Waals surface area contributed by atoms with Gasteiger partial charge in [-0.15, -0.1) is 0 Å². The lowest BCUT2D eigenvalue weighted by Crippen LogP contribution is -2.12. The summed E-state index contributed by atoms with van der Waals surface area (Å²) in [7, 11) is 0. The van der Waals surface area contributed by atoms with Crippen LogP contribution < -0.4 is 5.32 Å². The standard InChI is InChI=1S/C16H15N3O/c1-2-11-6-8-12(9-7-11)18-16(20)13-4-3-5-15-14(13)10-17-19-15/h3-10H,2H2,1H3,(H,17,19)(H,18,20). The van der Waals surface area contributed by atoms with Crippen LogP contribution in [0.4, 0.5) is 5.69 Å². The first kappa shape index (κ1) is 12.4. The lowest BCUT2D eigenvalue weighted by molar-refractivity contribution is 0.102. The summed E-state index contributed by atoms with van der Waals surface area (Å²) in [4.78, 5) is 12.3. The second-order valence-electron chi connectivity index (χ2n) is 4.64. The second-order valence-corrected chi connectivity index (χ2v) is 4.64. The Kier molecular flexibility index (Phi) is 3.21. The number of fused-ring (bicyclic) bond motifs is 1. The van der Waals surface area contributed by atoms with E-state index in [1.54, 1.807) is 12.3 Å². The number of benzene rings is 2. The van der Waals surface area contributed by atoms with Crippen molar-refractivity contribution < 1.29 is 4.79 Å². The average molecular weight is 265 g/mol. The number of nitrogens with one attached hydrogen (secondary N) is 2. The summed E-state index contributed by atoms with van der Waals surface area (Å²) in [5.41, 5.74) is 3.53. The van der Waals surface area contributed by atoms with Crippen LogP contribution in [0.1, 0.15) is 22.8 Å². The van der Waals surface area contributed by atoms with Crippen LogP contribution in [-0.2, 0) is 6.42 Å². The summed E-state index contributed by atoms with van der Waals surface area (Å²) in [5, 5.41) is 10.6. The van der Waals surface area contributed by atoms with E-state index in [-0.39, 0.29) is 5.91 Å². The van der Waals surface area contributed by atoms with Crippen LogP contribution in [0.25, 0.3) is 10.9 Å². The zero-order valence-electron chi connectivity index (χ0n) is 11.2. The van der Waals surface area contributed by atoms with Gasteiger partial charge in [0.1, 0.15) is 0 Å². The molecule has 1 amide bonds. The molecule has 0 atom stereocenters. The van der Waals surface area contributed by atoms with E-state index >= 15 is 0 Å². The molecular weight excluding hydrogens is 250 g/mol. The van der Waals surface area contributed by atoms with Gasteiger partial charge < -0.3 is 5.32 Å². The molecule has 20 heavy (non-hydrogen) atoms. The largest absolute Gasteiger partial charge is 0.322 e. The van der Waals surface area contributed by atoms with Gasteiger partial charge in [0.05, 0.1) is 17.3 Å². The summed E-state index contributed by atoms with van der Waals surface area (Å²) in [6.45, 7) is 2.10. The van der Waals surface area contributed by atoms with E-state index in [0.717, 1.165) is 23.0 Å². The molecule has 2 N–H and O–H groups in total. The molecular formula is C16H15N3O. The Morgan fingerprint density at radius 2 is 2.00 bits per heavy atom. The molecule has 0 bridgehead atoms. The molecule has 3 rings (SSSR count). The Morgan fingerprint density at radius 1 is 1.20 bits per heavy atom. The highest BCUT2D eigenvalue weighted by molar-refractivity contribution is 6.12. The molecule has 0 unspecified atom stereocenters. The molecule has 0 spiro atoms. The topological polar surface area (TPSA) is 57.8 Å². The number of rotatable bonds is 3. The van der Waals surface area contributed by atoms with Crippen LogP contribution in [0.15, 0.2) is 48.7 Å². The number of H-pyrrole nitrogens is 1. The molecule has 0 aliphatic heterocycles. The van der Waals surface area contributed by atoms with Crippen LogP contribution in [0.2, 0.25) is 0 Å². The number of carbonyl (C=O) groups is 1. The molecule has 3 aromatic rings. The number of aromatic amines is 1. The van der Waals surface area contributed by atoms with E-state index < -0.39 is 0 Å². The van der Waals surface area contributed by atoms with Gasteiger partial charge in [-0.1, -0.05) is 25.1 Å². The summed E-state index contributed by atoms with van der Waals surface area (Å²) in [6.07, 6.45) is 2.66. The molecule has 1 aromatic heterocycles. The van der Waals surface area contributed by atoms with E-state index in [1.807, 2.05) is 36.4 Å². The number of carbonyl (C=O) groups excluding carboxylic acids is 1. The summed E-state index contributed by atoms with van der Waals surface area (Å²) < 4.78 is 0. The fourth-order valence-corrected chi connectivity index (χ4v) is 2.19. The fourth-order valence-electron chi connectivity index (χ4n) is 2.19. The maximum absolute atomic E-state index is 12.3. The summed E-state index contributed by atoms with van der Waals surface area (Å²) in [5.74, 6) is -0.124. The number of hydrogen-bond acceptors (Lipinski definition) is 2. The van der Waals surface area contributed by atoms with Crippen molar-refractivity contribution >= 4 is 22.5 Å². The highest BCUT2D eigenvalue weighted by Crippen LogP contribution is 2.18. The smallest absolute Gasteiger partial charge is 0.256 e. The van der Waals surface area contributed by atoms with Gasteiger partial charge in [0.15, 0.2) is 0 Å². The maximum atomic E-state index is 12.3. The number of amides is 1. The molecule has 2 aromatic carbocycles. The van der Waals surface area contributed by atoms with Crippen LogP contribution in [0.3, 0.4) is 0 Å². The lowest BCUT2D eigenvalue weighted by atomic mass is 10.1. The van der Waals surface area contributed by atoms with E-state index in [1.165, 1.54) is 5.56 Å². The van der Waals surface area contributed by atoms with Gasteiger partial charge in [0.25, 0.3) is 5.91 Å². The monoisotopic (exact) mass is 265 g/mol. The van der Waals surface area contributed by atoms with Gasteiger partial charge in [-0.25, -0.2) is 0 Å². The van der Waals surface area contributed by atoms with Gasteiger partial charge >= 0.3 is 0 Å². The van der Waals surface area contributed by atoms with Crippen molar-refractivity contribution in [2.75, 3.05) is 5.32 Å². The minimum Gasteiger partial charge on any atom is -0.322 e. The molecule has 0 aliphatic carbocycles. The Labute approximate surface area is 116 Å². The van der Waals surface area contributed by atoms with Crippen LogP contribution >= 0.6 is 0 Å². The number of anilines is 1. The normalized spacial score (nSPS) is 10.7. The first-order valence-electron chi connectivity index (χ1n) is 6.60. The molecule has 1 heterocycles. The van der Waals surface area contributed by atoms with E-state index in [0.29, 0.717) is 5.56 Å². The summed E-state index contributed by atoms with van der Waals surface area (Å²) in [6, 6.07) is 13.4. The molecule has 0 aliphatic rings. The summed E-state index contributed by atoms with van der Waals surface area (Å²) >= 11 is 0. The Hall–Kier alpha value is -2.62. The molecule has 4 nitrogen and oxygen atoms in total. The predicted molar refractivity (Wildman–Crippen MR) is 79.9 cm³/mol. The first-order valence-corrected chi connectivity index (χ1v) is 6.60. The third-order valence-electron chi connectivity index (χ3n) is 3.35. The van der Waals surface area contributed by atoms with Crippen LogP contribution in [0, 0.1) is 0 Å². The van der Waals surface area contributed by atoms with Crippen LogP contribution in [-0.4, -0.2) is 16.1 Å². The zero-order valence-corrected chi connectivity index (χ0v) is 11.2. The van der Waals surface area contributed by atoms with Crippen molar-refractivity contribution in [1.82, 2.24) is 10.2 Å². The quantitative estimate of drug-likeness (QED) is 0.762. The zero-order chi connectivity index (χ0) is 13.9. The van der Waals surface area contributed by atoms with Crippen molar-refractivity contribution in [2.24, 2.45) is 0 Å². The van der Waals surface area contributed by atoms with Crippen molar-refractivity contribution in [1.29, 1.82) is 0 Å². The van der Waals surface area contributed by atoms with Crippen molar-refractivity contribution in [2.45, 2.75) is 13.3 Å². The lowest BCUT2D eigenvalue weighted by Gasteiger charge is -2.06. The van der Waals surface area contributed by atoms with Crippen molar-refractivity contribution in [3.8, 4) is 0 Å². The number of aromatic nitrogens is 2. The SMILES string of the molecule is CCc1ccc(NC(=O)c2cccc3[nH]ncc23)cc1. The maximum Gasteiger partial charge on any atom is 0.256 e. The van der Waals surface area contributed by atoms with Crippen molar-refractivity contribution in [3.63, 3.8) is 0 Å². The molecule has 0 saturated heterocycles. The van der Waals surface area contributed by atoms with Crippen molar-refractivity contribution in [3.05, 3.63) is 59.8 Å². The predicted octanol–water partition coefficient (Wildman–Crippen LogP) is 3.38. The van der Waals surface area contributed by atoms with Gasteiger partial charge in [-0.2, -0.15) is 5.10 Å².